The van der Waals surface area contributed by atoms with Crippen LogP contribution in [0.25, 0.3) is 0 Å². The lowest BCUT2D eigenvalue weighted by atomic mass is 10.2. The quantitative estimate of drug-likeness (QED) is 0.571. The van der Waals surface area contributed by atoms with Gasteiger partial charge in [0.05, 0.1) is 22.6 Å². The van der Waals surface area contributed by atoms with Crippen LogP contribution in [0, 0.1) is 21.4 Å². The minimum atomic E-state index is -1.10. The second-order valence-electron chi connectivity index (χ2n) is 2.51. The summed E-state index contributed by atoms with van der Waals surface area (Å²) >= 11 is 0. The van der Waals surface area contributed by atoms with Gasteiger partial charge in [0.25, 0.3) is 5.69 Å². The maximum Gasteiger partial charge on any atom is 0.409 e. The van der Waals surface area contributed by atoms with Crippen molar-refractivity contribution in [1.82, 2.24) is 0 Å². The average Bonchev–Trinajstić information content (AvgIpc) is 2.16. The maximum atomic E-state index is 10.4. The lowest BCUT2D eigenvalue weighted by molar-refractivity contribution is -0.384. The molecule has 0 aliphatic heterocycles. The maximum absolute atomic E-state index is 10.4. The van der Waals surface area contributed by atoms with Crippen LogP contribution in [0.3, 0.4) is 0 Å². The van der Waals surface area contributed by atoms with Gasteiger partial charge in [-0.25, -0.2) is 4.79 Å². The highest BCUT2D eigenvalue weighted by Gasteiger charge is 2.11. The Morgan fingerprint density at radius 1 is 1.53 bits per heavy atom. The standard InChI is InChI=1S/C8H5N3O4/c9-4-5-1-6(11(13)14)3-7(2-5)15-8(10)12/h1-3H,(H2,10,12). The van der Waals surface area contributed by atoms with Crippen molar-refractivity contribution in [2.45, 2.75) is 0 Å². The van der Waals surface area contributed by atoms with E-state index < -0.39 is 11.0 Å². The Balaban J connectivity index is 3.18. The summed E-state index contributed by atoms with van der Waals surface area (Å²) in [6.07, 6.45) is -1.10. The Morgan fingerprint density at radius 3 is 2.67 bits per heavy atom. The van der Waals surface area contributed by atoms with Crippen molar-refractivity contribution >= 4 is 11.8 Å². The van der Waals surface area contributed by atoms with Gasteiger partial charge in [-0.2, -0.15) is 5.26 Å². The normalized spacial score (nSPS) is 9.00. The van der Waals surface area contributed by atoms with Crippen LogP contribution in [0.1, 0.15) is 5.56 Å². The van der Waals surface area contributed by atoms with Crippen molar-refractivity contribution < 1.29 is 14.5 Å². The van der Waals surface area contributed by atoms with Crippen molar-refractivity contribution in [3.05, 3.63) is 33.9 Å². The van der Waals surface area contributed by atoms with Crippen molar-refractivity contribution in [3.8, 4) is 11.8 Å². The summed E-state index contributed by atoms with van der Waals surface area (Å²) in [6.45, 7) is 0. The predicted octanol–water partition coefficient (Wildman–Crippen LogP) is 0.924. The summed E-state index contributed by atoms with van der Waals surface area (Å²) in [5.41, 5.74) is 4.40. The number of rotatable bonds is 2. The molecule has 0 saturated carbocycles. The van der Waals surface area contributed by atoms with E-state index in [9.17, 15) is 14.9 Å². The molecule has 2 N–H and O–H groups in total. The average molecular weight is 207 g/mol. The molecule has 1 rings (SSSR count). The van der Waals surface area contributed by atoms with Gasteiger partial charge in [0.2, 0.25) is 0 Å². The number of benzene rings is 1. The van der Waals surface area contributed by atoms with Gasteiger partial charge in [-0.1, -0.05) is 0 Å². The Hall–Kier alpha value is -2.62. The number of nitrogens with zero attached hydrogens (tertiary/aromatic N) is 2. The Bertz CT molecular complexity index is 463. The smallest absolute Gasteiger partial charge is 0.409 e. The zero-order valence-corrected chi connectivity index (χ0v) is 7.34. The van der Waals surface area contributed by atoms with Crippen LogP contribution >= 0.6 is 0 Å². The molecule has 0 fully saturated rings. The molecule has 76 valence electrons. The van der Waals surface area contributed by atoms with E-state index in [0.717, 1.165) is 12.1 Å². The van der Waals surface area contributed by atoms with E-state index in [4.69, 9.17) is 11.0 Å². The van der Waals surface area contributed by atoms with E-state index in [0.29, 0.717) is 0 Å². The summed E-state index contributed by atoms with van der Waals surface area (Å²) in [4.78, 5) is 20.1. The first-order valence-electron chi connectivity index (χ1n) is 3.70. The largest absolute Gasteiger partial charge is 0.410 e. The molecular formula is C8H5N3O4. The number of hydrogen-bond acceptors (Lipinski definition) is 5. The number of non-ortho nitro benzene ring substituents is 1. The molecule has 1 amide bonds. The van der Waals surface area contributed by atoms with E-state index in [2.05, 4.69) is 4.74 Å². The number of carbonyl (C=O) groups is 1. The van der Waals surface area contributed by atoms with E-state index in [-0.39, 0.29) is 17.0 Å². The summed E-state index contributed by atoms with van der Waals surface area (Å²) < 4.78 is 4.43. The van der Waals surface area contributed by atoms with Crippen LogP contribution in [-0.2, 0) is 0 Å². The third-order valence-corrected chi connectivity index (χ3v) is 1.45. The van der Waals surface area contributed by atoms with Crippen LogP contribution in [-0.4, -0.2) is 11.0 Å². The zero-order chi connectivity index (χ0) is 11.4. The molecule has 0 aliphatic carbocycles. The van der Waals surface area contributed by atoms with Crippen LogP contribution in [0.4, 0.5) is 10.5 Å². The van der Waals surface area contributed by atoms with Gasteiger partial charge in [0, 0.05) is 6.07 Å². The fourth-order valence-electron chi connectivity index (χ4n) is 0.928. The molecule has 0 aromatic heterocycles. The highest BCUT2D eigenvalue weighted by molar-refractivity contribution is 5.68. The summed E-state index contributed by atoms with van der Waals surface area (Å²) in [6, 6.07) is 4.95. The lowest BCUT2D eigenvalue weighted by Crippen LogP contribution is -2.16. The molecule has 0 atom stereocenters. The van der Waals surface area contributed by atoms with E-state index >= 15 is 0 Å². The first-order valence-corrected chi connectivity index (χ1v) is 3.70. The number of hydrogen-bond donors (Lipinski definition) is 1. The van der Waals surface area contributed by atoms with Gasteiger partial charge >= 0.3 is 6.09 Å². The molecule has 0 saturated heterocycles. The predicted molar refractivity (Wildman–Crippen MR) is 48.0 cm³/mol. The van der Waals surface area contributed by atoms with Crippen LogP contribution < -0.4 is 10.5 Å². The van der Waals surface area contributed by atoms with Gasteiger partial charge in [-0.15, -0.1) is 0 Å². The molecule has 0 heterocycles. The van der Waals surface area contributed by atoms with Crippen LogP contribution in [0.15, 0.2) is 18.2 Å². The van der Waals surface area contributed by atoms with Gasteiger partial charge in [0.1, 0.15) is 5.75 Å². The van der Waals surface area contributed by atoms with Crippen molar-refractivity contribution in [2.75, 3.05) is 0 Å². The van der Waals surface area contributed by atoms with Crippen molar-refractivity contribution in [1.29, 1.82) is 5.26 Å². The van der Waals surface area contributed by atoms with Crippen molar-refractivity contribution in [3.63, 3.8) is 0 Å². The topological polar surface area (TPSA) is 119 Å². The molecule has 1 aromatic rings. The first-order chi connectivity index (χ1) is 7.02. The second kappa shape index (κ2) is 4.06. The molecule has 0 bridgehead atoms. The lowest BCUT2D eigenvalue weighted by Gasteiger charge is -2.00. The van der Waals surface area contributed by atoms with Gasteiger partial charge < -0.3 is 10.5 Å². The molecule has 0 unspecified atom stereocenters. The van der Waals surface area contributed by atoms with Crippen molar-refractivity contribution in [2.24, 2.45) is 5.73 Å². The molecule has 1 aromatic carbocycles. The molecular weight excluding hydrogens is 202 g/mol. The number of amides is 1. The van der Waals surface area contributed by atoms with E-state index in [1.807, 2.05) is 0 Å². The molecule has 7 nitrogen and oxygen atoms in total. The van der Waals surface area contributed by atoms with Crippen LogP contribution in [0.2, 0.25) is 0 Å². The molecule has 0 radical (unpaired) electrons. The third-order valence-electron chi connectivity index (χ3n) is 1.45. The first kappa shape index (κ1) is 10.5. The minimum Gasteiger partial charge on any atom is -0.410 e. The third kappa shape index (κ3) is 2.67. The summed E-state index contributed by atoms with van der Waals surface area (Å²) in [5.74, 6) is -0.131. The number of nitro groups is 1. The van der Waals surface area contributed by atoms with Gasteiger partial charge in [-0.3, -0.25) is 10.1 Å². The highest BCUT2D eigenvalue weighted by atomic mass is 16.6. The fraction of sp³-hybridized carbons (Fsp3) is 0. The number of carbonyl (C=O) groups excluding carboxylic acids is 1. The molecule has 15 heavy (non-hydrogen) atoms. The second-order valence-corrected chi connectivity index (χ2v) is 2.51. The van der Waals surface area contributed by atoms with E-state index in [1.165, 1.54) is 6.07 Å². The number of nitriles is 1. The van der Waals surface area contributed by atoms with Crippen LogP contribution in [0.5, 0.6) is 5.75 Å². The SMILES string of the molecule is N#Cc1cc(OC(N)=O)cc([N+](=O)[O-])c1. The zero-order valence-electron chi connectivity index (χ0n) is 7.34. The monoisotopic (exact) mass is 207 g/mol. The Labute approximate surface area is 83.8 Å². The molecule has 0 aliphatic rings. The molecule has 7 heteroatoms. The Morgan fingerprint density at radius 2 is 2.20 bits per heavy atom. The van der Waals surface area contributed by atoms with E-state index in [1.54, 1.807) is 6.07 Å². The molecule has 0 spiro atoms. The number of nitro benzene ring substituents is 1. The minimum absolute atomic E-state index is 0.0143. The summed E-state index contributed by atoms with van der Waals surface area (Å²) in [7, 11) is 0. The number of primary amides is 1. The highest BCUT2D eigenvalue weighted by Crippen LogP contribution is 2.22. The van der Waals surface area contributed by atoms with Gasteiger partial charge in [-0.05, 0) is 6.07 Å². The number of ether oxygens (including phenoxy) is 1. The Kier molecular flexibility index (Phi) is 2.83. The fourth-order valence-corrected chi connectivity index (χ4v) is 0.928. The van der Waals surface area contributed by atoms with Gasteiger partial charge in [0.15, 0.2) is 0 Å². The summed E-state index contributed by atoms with van der Waals surface area (Å²) in [5, 5.41) is 19.0. The number of nitrogens with two attached hydrogens (primary N) is 1.